The van der Waals surface area contributed by atoms with Crippen molar-refractivity contribution in [3.63, 3.8) is 0 Å². The van der Waals surface area contributed by atoms with Gasteiger partial charge in [-0.05, 0) is 13.0 Å². The number of aromatic nitrogens is 1. The summed E-state index contributed by atoms with van der Waals surface area (Å²) in [6.45, 7) is 1.32. The molecule has 0 saturated heterocycles. The second kappa shape index (κ2) is 3.26. The average molecular weight is 199 g/mol. The maximum atomic E-state index is 11.2. The zero-order chi connectivity index (χ0) is 10.1. The SMILES string of the molecule is CC(=O)c1ccncc1S(C)(=O)=O. The largest absolute Gasteiger partial charge is 0.294 e. The minimum absolute atomic E-state index is 0.0116. The molecule has 0 saturated carbocycles. The van der Waals surface area contributed by atoms with Crippen LogP contribution in [-0.4, -0.2) is 25.4 Å². The number of carbonyl (C=O) groups is 1. The van der Waals surface area contributed by atoms with Crippen LogP contribution in [0.4, 0.5) is 0 Å². The van der Waals surface area contributed by atoms with E-state index in [-0.39, 0.29) is 16.2 Å². The first-order chi connectivity index (χ1) is 5.93. The molecule has 0 bridgehead atoms. The van der Waals surface area contributed by atoms with Crippen LogP contribution in [0.1, 0.15) is 17.3 Å². The van der Waals surface area contributed by atoms with E-state index in [2.05, 4.69) is 4.98 Å². The van der Waals surface area contributed by atoms with E-state index in [9.17, 15) is 13.2 Å². The lowest BCUT2D eigenvalue weighted by molar-refractivity contribution is 0.101. The molecule has 0 radical (unpaired) electrons. The number of sulfone groups is 1. The molecule has 0 aliphatic carbocycles. The normalized spacial score (nSPS) is 11.2. The Morgan fingerprint density at radius 3 is 2.46 bits per heavy atom. The van der Waals surface area contributed by atoms with E-state index in [0.29, 0.717) is 0 Å². The molecular weight excluding hydrogens is 190 g/mol. The second-order valence-corrected chi connectivity index (χ2v) is 4.68. The zero-order valence-corrected chi connectivity index (χ0v) is 8.13. The Morgan fingerprint density at radius 2 is 2.08 bits per heavy atom. The molecule has 0 aromatic carbocycles. The van der Waals surface area contributed by atoms with Gasteiger partial charge in [-0.1, -0.05) is 0 Å². The summed E-state index contributed by atoms with van der Waals surface area (Å²) >= 11 is 0. The third-order valence-electron chi connectivity index (χ3n) is 1.56. The lowest BCUT2D eigenvalue weighted by Gasteiger charge is -2.02. The summed E-state index contributed by atoms with van der Waals surface area (Å²) in [5, 5.41) is 0. The Morgan fingerprint density at radius 1 is 1.46 bits per heavy atom. The molecule has 0 atom stereocenters. The van der Waals surface area contributed by atoms with Gasteiger partial charge in [-0.3, -0.25) is 9.78 Å². The fourth-order valence-corrected chi connectivity index (χ4v) is 1.83. The van der Waals surface area contributed by atoms with Crippen LogP contribution in [0, 0.1) is 0 Å². The van der Waals surface area contributed by atoms with Gasteiger partial charge < -0.3 is 0 Å². The second-order valence-electron chi connectivity index (χ2n) is 2.70. The summed E-state index contributed by atoms with van der Waals surface area (Å²) in [6.07, 6.45) is 3.63. The van der Waals surface area contributed by atoms with Gasteiger partial charge in [-0.2, -0.15) is 0 Å². The standard InChI is InChI=1S/C8H9NO3S/c1-6(10)7-3-4-9-5-8(7)13(2,11)12/h3-5H,1-2H3. The maximum Gasteiger partial charge on any atom is 0.177 e. The predicted octanol–water partition coefficient (Wildman–Crippen LogP) is 0.688. The molecule has 0 spiro atoms. The van der Waals surface area contributed by atoms with E-state index >= 15 is 0 Å². The first kappa shape index (κ1) is 9.85. The van der Waals surface area contributed by atoms with Gasteiger partial charge in [-0.15, -0.1) is 0 Å². The monoisotopic (exact) mass is 199 g/mol. The minimum Gasteiger partial charge on any atom is -0.294 e. The summed E-state index contributed by atoms with van der Waals surface area (Å²) in [5.74, 6) is -0.275. The molecule has 0 N–H and O–H groups in total. The number of Topliss-reactive ketones (excluding diaryl/α,β-unsaturated/α-hetero) is 1. The molecule has 0 aliphatic heterocycles. The van der Waals surface area contributed by atoms with Crippen molar-refractivity contribution in [3.8, 4) is 0 Å². The molecule has 13 heavy (non-hydrogen) atoms. The lowest BCUT2D eigenvalue weighted by atomic mass is 10.2. The van der Waals surface area contributed by atoms with E-state index in [1.807, 2.05) is 0 Å². The van der Waals surface area contributed by atoms with Crippen molar-refractivity contribution in [2.24, 2.45) is 0 Å². The Hall–Kier alpha value is -1.23. The van der Waals surface area contributed by atoms with Crippen molar-refractivity contribution in [1.82, 2.24) is 4.98 Å². The van der Waals surface area contributed by atoms with E-state index in [1.54, 1.807) is 0 Å². The van der Waals surface area contributed by atoms with Crippen LogP contribution in [0.5, 0.6) is 0 Å². The molecular formula is C8H9NO3S. The smallest absolute Gasteiger partial charge is 0.177 e. The number of nitrogens with zero attached hydrogens (tertiary/aromatic N) is 1. The maximum absolute atomic E-state index is 11.2. The quantitative estimate of drug-likeness (QED) is 0.657. The highest BCUT2D eigenvalue weighted by molar-refractivity contribution is 7.90. The molecule has 0 aliphatic rings. The molecule has 0 amide bonds. The average Bonchev–Trinajstić information content (AvgIpc) is 2.03. The molecule has 0 unspecified atom stereocenters. The molecule has 1 aromatic rings. The van der Waals surface area contributed by atoms with Crippen LogP contribution < -0.4 is 0 Å². The van der Waals surface area contributed by atoms with Gasteiger partial charge in [0.25, 0.3) is 0 Å². The highest BCUT2D eigenvalue weighted by Gasteiger charge is 2.15. The van der Waals surface area contributed by atoms with Gasteiger partial charge >= 0.3 is 0 Å². The molecule has 5 heteroatoms. The van der Waals surface area contributed by atoms with Gasteiger partial charge in [-0.25, -0.2) is 8.42 Å². The Balaban J connectivity index is 3.46. The van der Waals surface area contributed by atoms with Crippen LogP contribution >= 0.6 is 0 Å². The summed E-state index contributed by atoms with van der Waals surface area (Å²) in [7, 11) is -3.36. The number of carbonyl (C=O) groups excluding carboxylic acids is 1. The van der Waals surface area contributed by atoms with Gasteiger partial charge in [0, 0.05) is 24.2 Å². The number of pyridine rings is 1. The Bertz CT molecular complexity index is 436. The first-order valence-electron chi connectivity index (χ1n) is 3.58. The third kappa shape index (κ3) is 2.12. The molecule has 4 nitrogen and oxygen atoms in total. The van der Waals surface area contributed by atoms with E-state index in [4.69, 9.17) is 0 Å². The lowest BCUT2D eigenvalue weighted by Crippen LogP contribution is -2.06. The van der Waals surface area contributed by atoms with E-state index < -0.39 is 9.84 Å². The summed E-state index contributed by atoms with van der Waals surface area (Å²) in [6, 6.07) is 1.40. The first-order valence-corrected chi connectivity index (χ1v) is 5.47. The Kier molecular flexibility index (Phi) is 2.47. The summed E-state index contributed by atoms with van der Waals surface area (Å²) in [5.41, 5.74) is 0.192. The fourth-order valence-electron chi connectivity index (χ4n) is 0.966. The molecule has 0 fully saturated rings. The van der Waals surface area contributed by atoms with Crippen molar-refractivity contribution in [2.75, 3.05) is 6.26 Å². The number of hydrogen-bond acceptors (Lipinski definition) is 4. The molecule has 1 heterocycles. The molecule has 1 aromatic heterocycles. The van der Waals surface area contributed by atoms with Gasteiger partial charge in [0.1, 0.15) is 0 Å². The summed E-state index contributed by atoms with van der Waals surface area (Å²) < 4.78 is 22.3. The number of ketones is 1. The van der Waals surface area contributed by atoms with Crippen LogP contribution in [0.3, 0.4) is 0 Å². The minimum atomic E-state index is -3.36. The highest BCUT2D eigenvalue weighted by atomic mass is 32.2. The number of hydrogen-bond donors (Lipinski definition) is 0. The van der Waals surface area contributed by atoms with Gasteiger partial charge in [0.05, 0.1) is 4.90 Å². The van der Waals surface area contributed by atoms with Crippen molar-refractivity contribution >= 4 is 15.6 Å². The zero-order valence-electron chi connectivity index (χ0n) is 7.31. The van der Waals surface area contributed by atoms with Crippen LogP contribution in [0.2, 0.25) is 0 Å². The fraction of sp³-hybridized carbons (Fsp3) is 0.250. The molecule has 70 valence electrons. The van der Waals surface area contributed by atoms with Crippen molar-refractivity contribution in [3.05, 3.63) is 24.0 Å². The third-order valence-corrected chi connectivity index (χ3v) is 2.69. The predicted molar refractivity (Wildman–Crippen MR) is 47.4 cm³/mol. The number of rotatable bonds is 2. The van der Waals surface area contributed by atoms with Crippen LogP contribution in [0.25, 0.3) is 0 Å². The van der Waals surface area contributed by atoms with Crippen LogP contribution in [-0.2, 0) is 9.84 Å². The van der Waals surface area contributed by atoms with Crippen molar-refractivity contribution in [1.29, 1.82) is 0 Å². The van der Waals surface area contributed by atoms with Gasteiger partial charge in [0.15, 0.2) is 15.6 Å². The Labute approximate surface area is 76.5 Å². The van der Waals surface area contributed by atoms with Crippen molar-refractivity contribution in [2.45, 2.75) is 11.8 Å². The molecule has 1 rings (SSSR count). The van der Waals surface area contributed by atoms with Crippen molar-refractivity contribution < 1.29 is 13.2 Å². The van der Waals surface area contributed by atoms with Crippen LogP contribution in [0.15, 0.2) is 23.4 Å². The van der Waals surface area contributed by atoms with E-state index in [1.165, 1.54) is 25.4 Å². The summed E-state index contributed by atoms with van der Waals surface area (Å²) in [4.78, 5) is 14.7. The van der Waals surface area contributed by atoms with Gasteiger partial charge in [0.2, 0.25) is 0 Å². The highest BCUT2D eigenvalue weighted by Crippen LogP contribution is 2.13. The van der Waals surface area contributed by atoms with E-state index in [0.717, 1.165) is 6.26 Å². The topological polar surface area (TPSA) is 64.1 Å².